The highest BCUT2D eigenvalue weighted by atomic mass is 79.9. The summed E-state index contributed by atoms with van der Waals surface area (Å²) in [6, 6.07) is 2.72. The number of hydrogen-bond acceptors (Lipinski definition) is 1. The summed E-state index contributed by atoms with van der Waals surface area (Å²) in [7, 11) is 0. The molecule has 0 saturated carbocycles. The predicted octanol–water partition coefficient (Wildman–Crippen LogP) is 4.44. The summed E-state index contributed by atoms with van der Waals surface area (Å²) in [5.41, 5.74) is 0.186. The zero-order valence-electron chi connectivity index (χ0n) is 6.69. The lowest BCUT2D eigenvalue weighted by molar-refractivity contribution is 0.637. The smallest absolute Gasteiger partial charge is 0.149 e. The van der Waals surface area contributed by atoms with Gasteiger partial charge in [-0.05, 0) is 28.1 Å². The monoisotopic (exact) mass is 293 g/mol. The van der Waals surface area contributed by atoms with Crippen molar-refractivity contribution in [2.45, 2.75) is 0 Å². The normalized spacial score (nSPS) is 10.9. The molecule has 0 bridgehead atoms. The highest BCUT2D eigenvalue weighted by Crippen LogP contribution is 2.35. The van der Waals surface area contributed by atoms with Gasteiger partial charge in [0.15, 0.2) is 0 Å². The first-order chi connectivity index (χ1) is 6.61. The molecule has 0 spiro atoms. The van der Waals surface area contributed by atoms with E-state index in [1.807, 2.05) is 0 Å². The van der Waals surface area contributed by atoms with E-state index in [0.717, 1.165) is 0 Å². The number of hydrogen-bond donors (Lipinski definition) is 0. The third kappa shape index (κ3) is 1.49. The van der Waals surface area contributed by atoms with Crippen molar-refractivity contribution < 1.29 is 4.39 Å². The standard InChI is InChI=1S/C9H3BrCl2FN/c10-4-3-14-9-6(13)2-1-5(11)7(9)8(4)12/h1-3H. The Morgan fingerprint density at radius 1 is 1.29 bits per heavy atom. The molecule has 0 N–H and O–H groups in total. The summed E-state index contributed by atoms with van der Waals surface area (Å²) in [6.07, 6.45) is 1.45. The Kier molecular flexibility index (Phi) is 2.64. The molecular weight excluding hydrogens is 292 g/mol. The summed E-state index contributed by atoms with van der Waals surface area (Å²) in [5, 5.41) is 1.20. The van der Waals surface area contributed by atoms with Crippen LogP contribution in [0.15, 0.2) is 22.8 Å². The van der Waals surface area contributed by atoms with Crippen molar-refractivity contribution in [3.8, 4) is 0 Å². The van der Waals surface area contributed by atoms with E-state index in [1.165, 1.54) is 18.3 Å². The van der Waals surface area contributed by atoms with Crippen molar-refractivity contribution in [2.75, 3.05) is 0 Å². The molecule has 0 fully saturated rings. The molecule has 0 amide bonds. The Morgan fingerprint density at radius 2 is 2.00 bits per heavy atom. The summed E-state index contributed by atoms with van der Waals surface area (Å²) in [6.45, 7) is 0. The molecule has 1 aromatic carbocycles. The van der Waals surface area contributed by atoms with Crippen LogP contribution in [0.3, 0.4) is 0 Å². The quantitative estimate of drug-likeness (QED) is 0.700. The predicted molar refractivity (Wildman–Crippen MR) is 59.4 cm³/mol. The van der Waals surface area contributed by atoms with E-state index in [1.54, 1.807) is 0 Å². The molecule has 5 heteroatoms. The lowest BCUT2D eigenvalue weighted by Gasteiger charge is -2.04. The molecule has 0 aliphatic rings. The Balaban J connectivity index is 3.01. The first-order valence-corrected chi connectivity index (χ1v) is 5.24. The Bertz CT molecular complexity index is 516. The van der Waals surface area contributed by atoms with Crippen LogP contribution in [0.4, 0.5) is 4.39 Å². The number of aromatic nitrogens is 1. The highest BCUT2D eigenvalue weighted by Gasteiger charge is 2.11. The maximum Gasteiger partial charge on any atom is 0.149 e. The van der Waals surface area contributed by atoms with Crippen LogP contribution in [-0.4, -0.2) is 4.98 Å². The molecular formula is C9H3BrCl2FN. The molecule has 0 saturated heterocycles. The van der Waals surface area contributed by atoms with Gasteiger partial charge >= 0.3 is 0 Å². The van der Waals surface area contributed by atoms with Crippen molar-refractivity contribution in [2.24, 2.45) is 0 Å². The van der Waals surface area contributed by atoms with Gasteiger partial charge in [-0.3, -0.25) is 4.98 Å². The summed E-state index contributed by atoms with van der Waals surface area (Å²) in [4.78, 5) is 3.91. The lowest BCUT2D eigenvalue weighted by Crippen LogP contribution is -1.86. The van der Waals surface area contributed by atoms with E-state index in [4.69, 9.17) is 23.2 Å². The Labute approximate surface area is 98.0 Å². The third-order valence-electron chi connectivity index (χ3n) is 1.81. The molecule has 2 aromatic rings. The van der Waals surface area contributed by atoms with Crippen LogP contribution in [0.2, 0.25) is 10.0 Å². The van der Waals surface area contributed by atoms with Crippen molar-refractivity contribution in [1.29, 1.82) is 0 Å². The maximum absolute atomic E-state index is 13.3. The molecule has 72 valence electrons. The second-order valence-corrected chi connectivity index (χ2v) is 4.31. The second kappa shape index (κ2) is 3.65. The number of rotatable bonds is 0. The minimum absolute atomic E-state index is 0.186. The largest absolute Gasteiger partial charge is 0.252 e. The van der Waals surface area contributed by atoms with Crippen molar-refractivity contribution in [3.05, 3.63) is 38.7 Å². The lowest BCUT2D eigenvalue weighted by atomic mass is 10.2. The van der Waals surface area contributed by atoms with Gasteiger partial charge in [0.1, 0.15) is 11.3 Å². The zero-order valence-corrected chi connectivity index (χ0v) is 9.79. The first-order valence-electron chi connectivity index (χ1n) is 3.69. The van der Waals surface area contributed by atoms with Crippen LogP contribution in [0.5, 0.6) is 0 Å². The van der Waals surface area contributed by atoms with Gasteiger partial charge in [0.05, 0.1) is 14.5 Å². The fourth-order valence-corrected chi connectivity index (χ4v) is 2.01. The van der Waals surface area contributed by atoms with E-state index in [2.05, 4.69) is 20.9 Å². The number of fused-ring (bicyclic) bond motifs is 1. The molecule has 1 heterocycles. The van der Waals surface area contributed by atoms with E-state index in [-0.39, 0.29) is 5.52 Å². The average molecular weight is 295 g/mol. The maximum atomic E-state index is 13.3. The van der Waals surface area contributed by atoms with Crippen LogP contribution in [0, 0.1) is 5.82 Å². The second-order valence-electron chi connectivity index (χ2n) is 2.67. The van der Waals surface area contributed by atoms with E-state index >= 15 is 0 Å². The first kappa shape index (κ1) is 10.1. The number of benzene rings is 1. The van der Waals surface area contributed by atoms with Crippen LogP contribution >= 0.6 is 39.1 Å². The Morgan fingerprint density at radius 3 is 2.71 bits per heavy atom. The third-order valence-corrected chi connectivity index (χ3v) is 3.35. The number of halogens is 4. The van der Waals surface area contributed by atoms with Crippen LogP contribution in [0.1, 0.15) is 0 Å². The average Bonchev–Trinajstić information content (AvgIpc) is 2.16. The fraction of sp³-hybridized carbons (Fsp3) is 0. The minimum Gasteiger partial charge on any atom is -0.252 e. The number of pyridine rings is 1. The van der Waals surface area contributed by atoms with E-state index < -0.39 is 5.82 Å². The van der Waals surface area contributed by atoms with Gasteiger partial charge in [0, 0.05) is 11.6 Å². The summed E-state index contributed by atoms with van der Waals surface area (Å²) < 4.78 is 13.9. The van der Waals surface area contributed by atoms with E-state index in [9.17, 15) is 4.39 Å². The minimum atomic E-state index is -0.432. The molecule has 14 heavy (non-hydrogen) atoms. The molecule has 0 aliphatic carbocycles. The number of nitrogens with zero attached hydrogens (tertiary/aromatic N) is 1. The van der Waals surface area contributed by atoms with Gasteiger partial charge in [0.25, 0.3) is 0 Å². The fourth-order valence-electron chi connectivity index (χ4n) is 1.17. The Hall–Kier alpha value is -0.380. The van der Waals surface area contributed by atoms with Gasteiger partial charge in [0.2, 0.25) is 0 Å². The SMILES string of the molecule is Fc1ccc(Cl)c2c(Cl)c(Br)cnc12. The molecule has 0 unspecified atom stereocenters. The topological polar surface area (TPSA) is 12.9 Å². The molecule has 0 atom stereocenters. The van der Waals surface area contributed by atoms with Gasteiger partial charge in [-0.1, -0.05) is 23.2 Å². The van der Waals surface area contributed by atoms with E-state index in [0.29, 0.717) is 19.9 Å². The van der Waals surface area contributed by atoms with Gasteiger partial charge in [-0.25, -0.2) is 4.39 Å². The van der Waals surface area contributed by atoms with Crippen molar-refractivity contribution in [3.63, 3.8) is 0 Å². The van der Waals surface area contributed by atoms with Gasteiger partial charge in [-0.2, -0.15) is 0 Å². The zero-order chi connectivity index (χ0) is 10.3. The van der Waals surface area contributed by atoms with Crippen molar-refractivity contribution in [1.82, 2.24) is 4.98 Å². The molecule has 1 aromatic heterocycles. The molecule has 0 radical (unpaired) electrons. The van der Waals surface area contributed by atoms with Crippen LogP contribution in [-0.2, 0) is 0 Å². The van der Waals surface area contributed by atoms with Crippen LogP contribution in [0.25, 0.3) is 10.9 Å². The molecule has 1 nitrogen and oxygen atoms in total. The highest BCUT2D eigenvalue weighted by molar-refractivity contribution is 9.10. The summed E-state index contributed by atoms with van der Waals surface area (Å²) in [5.74, 6) is -0.432. The van der Waals surface area contributed by atoms with Crippen LogP contribution < -0.4 is 0 Å². The van der Waals surface area contributed by atoms with Crippen molar-refractivity contribution >= 4 is 50.0 Å². The summed E-state index contributed by atoms with van der Waals surface area (Å²) >= 11 is 15.1. The molecule has 2 rings (SSSR count). The van der Waals surface area contributed by atoms with Gasteiger partial charge < -0.3 is 0 Å². The molecule has 0 aliphatic heterocycles. The van der Waals surface area contributed by atoms with Gasteiger partial charge in [-0.15, -0.1) is 0 Å².